The van der Waals surface area contributed by atoms with Crippen molar-refractivity contribution in [2.75, 3.05) is 7.11 Å². The number of ether oxygens (including phenoxy) is 1. The van der Waals surface area contributed by atoms with Crippen molar-refractivity contribution in [1.82, 2.24) is 0 Å². The Morgan fingerprint density at radius 3 is 2.60 bits per heavy atom. The van der Waals surface area contributed by atoms with Gasteiger partial charge >= 0.3 is 5.97 Å². The highest BCUT2D eigenvalue weighted by Gasteiger charge is 2.11. The SMILES string of the molecule is C=CCC(C=C)C(=O)OC. The molecule has 0 fully saturated rings. The van der Waals surface area contributed by atoms with Crippen LogP contribution in [0.1, 0.15) is 6.42 Å². The van der Waals surface area contributed by atoms with Gasteiger partial charge in [-0.05, 0) is 6.42 Å². The molecule has 1 unspecified atom stereocenters. The number of esters is 1. The highest BCUT2D eigenvalue weighted by molar-refractivity contribution is 5.74. The molecule has 0 bridgehead atoms. The number of allylic oxidation sites excluding steroid dienone is 1. The van der Waals surface area contributed by atoms with E-state index in [4.69, 9.17) is 0 Å². The summed E-state index contributed by atoms with van der Waals surface area (Å²) in [4.78, 5) is 10.8. The Morgan fingerprint density at radius 1 is 1.70 bits per heavy atom. The first-order valence-corrected chi connectivity index (χ1v) is 3.07. The molecule has 0 aromatic heterocycles. The molecule has 0 aromatic carbocycles. The minimum Gasteiger partial charge on any atom is -0.469 e. The van der Waals surface area contributed by atoms with Gasteiger partial charge in [-0.25, -0.2) is 0 Å². The second kappa shape index (κ2) is 4.79. The molecule has 0 aliphatic carbocycles. The van der Waals surface area contributed by atoms with Crippen LogP contribution in [0.15, 0.2) is 25.3 Å². The number of rotatable bonds is 4. The molecule has 0 aromatic rings. The van der Waals surface area contributed by atoms with Crippen LogP contribution in [0.5, 0.6) is 0 Å². The normalized spacial score (nSPS) is 11.7. The molecule has 0 N–H and O–H groups in total. The predicted molar refractivity (Wildman–Crippen MR) is 40.5 cm³/mol. The number of hydrogen-bond acceptors (Lipinski definition) is 2. The monoisotopic (exact) mass is 140 g/mol. The summed E-state index contributed by atoms with van der Waals surface area (Å²) in [6, 6.07) is 0. The Labute approximate surface area is 61.2 Å². The fourth-order valence-corrected chi connectivity index (χ4v) is 0.620. The van der Waals surface area contributed by atoms with Gasteiger partial charge in [0.1, 0.15) is 0 Å². The Bertz CT molecular complexity index is 138. The number of methoxy groups -OCH3 is 1. The van der Waals surface area contributed by atoms with Crippen LogP contribution in [0.3, 0.4) is 0 Å². The van der Waals surface area contributed by atoms with Crippen molar-refractivity contribution in [1.29, 1.82) is 0 Å². The minimum absolute atomic E-state index is 0.234. The molecular weight excluding hydrogens is 128 g/mol. The van der Waals surface area contributed by atoms with Gasteiger partial charge in [0.2, 0.25) is 0 Å². The molecule has 0 radical (unpaired) electrons. The summed E-state index contributed by atoms with van der Waals surface area (Å²) in [5.74, 6) is -0.489. The van der Waals surface area contributed by atoms with Gasteiger partial charge < -0.3 is 4.74 Å². The average Bonchev–Trinajstić information content (AvgIpc) is 1.99. The Kier molecular flexibility index (Phi) is 4.29. The van der Waals surface area contributed by atoms with Gasteiger partial charge in [0.15, 0.2) is 0 Å². The quantitative estimate of drug-likeness (QED) is 0.437. The van der Waals surface area contributed by atoms with E-state index < -0.39 is 0 Å². The summed E-state index contributed by atoms with van der Waals surface area (Å²) in [7, 11) is 1.36. The number of carbonyl (C=O) groups excluding carboxylic acids is 1. The number of hydrogen-bond donors (Lipinski definition) is 0. The van der Waals surface area contributed by atoms with E-state index in [9.17, 15) is 4.79 Å². The van der Waals surface area contributed by atoms with Gasteiger partial charge in [-0.1, -0.05) is 12.2 Å². The van der Waals surface area contributed by atoms with Crippen LogP contribution in [-0.2, 0) is 9.53 Å². The first-order valence-electron chi connectivity index (χ1n) is 3.07. The van der Waals surface area contributed by atoms with Gasteiger partial charge in [-0.15, -0.1) is 13.2 Å². The third-order valence-electron chi connectivity index (χ3n) is 1.21. The smallest absolute Gasteiger partial charge is 0.312 e. The van der Waals surface area contributed by atoms with Crippen LogP contribution in [0.2, 0.25) is 0 Å². The maximum Gasteiger partial charge on any atom is 0.312 e. The third kappa shape index (κ3) is 2.49. The predicted octanol–water partition coefficient (Wildman–Crippen LogP) is 1.54. The molecule has 0 saturated carbocycles. The zero-order valence-electron chi connectivity index (χ0n) is 6.17. The van der Waals surface area contributed by atoms with E-state index in [1.807, 2.05) is 0 Å². The molecule has 0 aliphatic rings. The summed E-state index contributed by atoms with van der Waals surface area (Å²) < 4.78 is 4.50. The lowest BCUT2D eigenvalue weighted by Crippen LogP contribution is -2.12. The van der Waals surface area contributed by atoms with Gasteiger partial charge in [-0.3, -0.25) is 4.79 Å². The second-order valence-corrected chi connectivity index (χ2v) is 1.89. The highest BCUT2D eigenvalue weighted by Crippen LogP contribution is 2.05. The van der Waals surface area contributed by atoms with E-state index in [0.29, 0.717) is 6.42 Å². The molecule has 10 heavy (non-hydrogen) atoms. The molecule has 1 atom stereocenters. The average molecular weight is 140 g/mol. The maximum atomic E-state index is 10.8. The Hall–Kier alpha value is -1.05. The van der Waals surface area contributed by atoms with Crippen molar-refractivity contribution >= 4 is 5.97 Å². The first kappa shape index (κ1) is 8.95. The first-order chi connectivity index (χ1) is 4.76. The maximum absolute atomic E-state index is 10.8. The van der Waals surface area contributed by atoms with E-state index in [0.717, 1.165) is 0 Å². The lowest BCUT2D eigenvalue weighted by atomic mass is 10.1. The molecule has 0 heterocycles. The standard InChI is InChI=1S/C8H12O2/c1-4-6-7(5-2)8(9)10-3/h4-5,7H,1-2,6H2,3H3. The van der Waals surface area contributed by atoms with E-state index in [-0.39, 0.29) is 11.9 Å². The largest absolute Gasteiger partial charge is 0.469 e. The van der Waals surface area contributed by atoms with Gasteiger partial charge in [-0.2, -0.15) is 0 Å². The van der Waals surface area contributed by atoms with Crippen LogP contribution in [0.25, 0.3) is 0 Å². The van der Waals surface area contributed by atoms with Gasteiger partial charge in [0.05, 0.1) is 13.0 Å². The molecule has 2 nitrogen and oxygen atoms in total. The fourth-order valence-electron chi connectivity index (χ4n) is 0.620. The van der Waals surface area contributed by atoms with Crippen LogP contribution in [0.4, 0.5) is 0 Å². The van der Waals surface area contributed by atoms with Crippen LogP contribution >= 0.6 is 0 Å². The molecule has 2 heteroatoms. The zero-order chi connectivity index (χ0) is 7.98. The van der Waals surface area contributed by atoms with Crippen molar-refractivity contribution < 1.29 is 9.53 Å². The zero-order valence-corrected chi connectivity index (χ0v) is 6.17. The lowest BCUT2D eigenvalue weighted by Gasteiger charge is -2.05. The minimum atomic E-state index is -0.255. The van der Waals surface area contributed by atoms with Crippen LogP contribution < -0.4 is 0 Å². The molecule has 56 valence electrons. The lowest BCUT2D eigenvalue weighted by molar-refractivity contribution is -0.143. The van der Waals surface area contributed by atoms with E-state index in [1.165, 1.54) is 7.11 Å². The Morgan fingerprint density at radius 2 is 2.30 bits per heavy atom. The van der Waals surface area contributed by atoms with Crippen molar-refractivity contribution in [3.63, 3.8) is 0 Å². The molecule has 0 aliphatic heterocycles. The van der Waals surface area contributed by atoms with E-state index >= 15 is 0 Å². The fraction of sp³-hybridized carbons (Fsp3) is 0.375. The Balaban J connectivity index is 3.91. The summed E-state index contributed by atoms with van der Waals surface area (Å²) in [5, 5.41) is 0. The van der Waals surface area contributed by atoms with Crippen molar-refractivity contribution in [3.8, 4) is 0 Å². The summed E-state index contributed by atoms with van der Waals surface area (Å²) in [5.41, 5.74) is 0. The van der Waals surface area contributed by atoms with Crippen molar-refractivity contribution in [2.45, 2.75) is 6.42 Å². The second-order valence-electron chi connectivity index (χ2n) is 1.89. The van der Waals surface area contributed by atoms with E-state index in [1.54, 1.807) is 12.2 Å². The van der Waals surface area contributed by atoms with E-state index in [2.05, 4.69) is 17.9 Å². The van der Waals surface area contributed by atoms with Gasteiger partial charge in [0, 0.05) is 0 Å². The molecule has 0 spiro atoms. The topological polar surface area (TPSA) is 26.3 Å². The molecule has 0 saturated heterocycles. The molecule has 0 rings (SSSR count). The van der Waals surface area contributed by atoms with Gasteiger partial charge in [0.25, 0.3) is 0 Å². The summed E-state index contributed by atoms with van der Waals surface area (Å²) in [6.45, 7) is 7.01. The summed E-state index contributed by atoms with van der Waals surface area (Å²) >= 11 is 0. The molecular formula is C8H12O2. The number of carbonyl (C=O) groups is 1. The van der Waals surface area contributed by atoms with Crippen LogP contribution in [0, 0.1) is 5.92 Å². The van der Waals surface area contributed by atoms with Crippen molar-refractivity contribution in [2.24, 2.45) is 5.92 Å². The molecule has 0 amide bonds. The third-order valence-corrected chi connectivity index (χ3v) is 1.21. The summed E-state index contributed by atoms with van der Waals surface area (Å²) in [6.07, 6.45) is 3.83. The van der Waals surface area contributed by atoms with Crippen molar-refractivity contribution in [3.05, 3.63) is 25.3 Å². The van der Waals surface area contributed by atoms with Crippen LogP contribution in [-0.4, -0.2) is 13.1 Å². The highest BCUT2D eigenvalue weighted by atomic mass is 16.5.